The fraction of sp³-hybridized carbons (Fsp3) is 0.111. The lowest BCUT2D eigenvalue weighted by atomic mass is 10.4. The zero-order chi connectivity index (χ0) is 12.6. The van der Waals surface area contributed by atoms with Crippen molar-refractivity contribution in [3.8, 4) is 0 Å². The fourth-order valence-corrected chi connectivity index (χ4v) is 1.09. The van der Waals surface area contributed by atoms with Crippen LogP contribution < -0.4 is 16.4 Å². The Bertz CT molecular complexity index is 349. The molecule has 0 aromatic heterocycles. The molecule has 0 aliphatic carbocycles. The van der Waals surface area contributed by atoms with Gasteiger partial charge in [-0.05, 0) is 18.2 Å². The van der Waals surface area contributed by atoms with E-state index >= 15 is 0 Å². The monoisotopic (exact) mass is 261 g/mol. The van der Waals surface area contributed by atoms with Crippen molar-refractivity contribution >= 4 is 35.1 Å². The van der Waals surface area contributed by atoms with Crippen molar-refractivity contribution in [2.75, 3.05) is 7.05 Å². The second-order valence-corrected chi connectivity index (χ2v) is 3.48. The van der Waals surface area contributed by atoms with Gasteiger partial charge >= 0.3 is 0 Å². The maximum Gasteiger partial charge on any atom is 0.194 e. The number of hydrogen-bond donors (Lipinski definition) is 5. The maximum atomic E-state index is 6.82. The minimum Gasteiger partial charge on any atom is -0.370 e. The number of benzene rings is 1. The van der Waals surface area contributed by atoms with Crippen molar-refractivity contribution in [2.24, 2.45) is 5.73 Å². The van der Waals surface area contributed by atoms with Crippen LogP contribution in [0.3, 0.4) is 0 Å². The molecule has 0 heterocycles. The van der Waals surface area contributed by atoms with Gasteiger partial charge < -0.3 is 11.1 Å². The van der Waals surface area contributed by atoms with Crippen LogP contribution in [0.1, 0.15) is 0 Å². The van der Waals surface area contributed by atoms with E-state index in [0.717, 1.165) is 0 Å². The Morgan fingerprint density at radius 2 is 1.75 bits per heavy atom. The van der Waals surface area contributed by atoms with Crippen LogP contribution in [-0.4, -0.2) is 19.0 Å². The van der Waals surface area contributed by atoms with Crippen LogP contribution in [-0.2, 0) is 0 Å². The second kappa shape index (κ2) is 7.78. The lowest BCUT2D eigenvalue weighted by molar-refractivity contribution is 1.05. The Kier molecular flexibility index (Phi) is 7.07. The summed E-state index contributed by atoms with van der Waals surface area (Å²) in [6, 6.07) is 7.08. The molecule has 0 bridgehead atoms. The van der Waals surface area contributed by atoms with Crippen molar-refractivity contribution in [2.45, 2.75) is 0 Å². The van der Waals surface area contributed by atoms with Crippen molar-refractivity contribution in [1.29, 1.82) is 10.8 Å². The molecule has 0 atom stereocenters. The molecule has 0 saturated carbocycles. The van der Waals surface area contributed by atoms with E-state index in [1.54, 1.807) is 25.2 Å². The first-order valence-electron chi connectivity index (χ1n) is 4.24. The van der Waals surface area contributed by atoms with Crippen molar-refractivity contribution in [3.05, 3.63) is 34.3 Å². The molecule has 1 aromatic carbocycles. The number of nitrogens with one attached hydrogen (secondary N) is 4. The average molecular weight is 262 g/mol. The summed E-state index contributed by atoms with van der Waals surface area (Å²) < 4.78 is 0. The standard InChI is InChI=1S/C6H4Cl2.C3H9N5/c7-5-2-1-3-6(8)4-5;1-7-3(6)8-2(4)5/h1-4H;1H3,(H6,4,5,6,7,8). The van der Waals surface area contributed by atoms with Gasteiger partial charge in [0.05, 0.1) is 0 Å². The molecule has 6 N–H and O–H groups in total. The molecule has 7 heteroatoms. The zero-order valence-corrected chi connectivity index (χ0v) is 10.2. The Balaban J connectivity index is 0.000000281. The quantitative estimate of drug-likeness (QED) is 0.363. The number of guanidine groups is 2. The summed E-state index contributed by atoms with van der Waals surface area (Å²) in [7, 11) is 1.57. The van der Waals surface area contributed by atoms with Crippen molar-refractivity contribution in [1.82, 2.24) is 10.6 Å². The van der Waals surface area contributed by atoms with Crippen LogP contribution in [0.15, 0.2) is 24.3 Å². The predicted octanol–water partition coefficient (Wildman–Crippen LogP) is 1.62. The van der Waals surface area contributed by atoms with Gasteiger partial charge in [0, 0.05) is 17.1 Å². The molecular formula is C9H13Cl2N5. The molecule has 0 spiro atoms. The van der Waals surface area contributed by atoms with E-state index in [2.05, 4.69) is 10.6 Å². The maximum absolute atomic E-state index is 6.82. The second-order valence-electron chi connectivity index (χ2n) is 2.60. The van der Waals surface area contributed by atoms with Gasteiger partial charge in [-0.15, -0.1) is 0 Å². The largest absolute Gasteiger partial charge is 0.370 e. The first-order chi connectivity index (χ1) is 7.45. The fourth-order valence-electron chi connectivity index (χ4n) is 0.657. The average Bonchev–Trinajstić information content (AvgIpc) is 2.17. The molecule has 0 unspecified atom stereocenters. The SMILES string of the molecule is CNC(=N)NC(=N)N.Clc1cccc(Cl)c1. The summed E-state index contributed by atoms with van der Waals surface area (Å²) in [5.41, 5.74) is 4.86. The van der Waals surface area contributed by atoms with Crippen LogP contribution in [0.25, 0.3) is 0 Å². The van der Waals surface area contributed by atoms with Crippen LogP contribution in [0.4, 0.5) is 0 Å². The molecular weight excluding hydrogens is 249 g/mol. The topological polar surface area (TPSA) is 97.8 Å². The van der Waals surface area contributed by atoms with Gasteiger partial charge in [-0.25, -0.2) is 0 Å². The van der Waals surface area contributed by atoms with E-state index in [9.17, 15) is 0 Å². The molecule has 0 aliphatic heterocycles. The molecule has 0 fully saturated rings. The molecule has 1 rings (SSSR count). The van der Waals surface area contributed by atoms with E-state index in [4.69, 9.17) is 39.8 Å². The molecule has 88 valence electrons. The molecule has 1 aromatic rings. The van der Waals surface area contributed by atoms with Gasteiger partial charge in [0.15, 0.2) is 11.9 Å². The number of halogens is 2. The van der Waals surface area contributed by atoms with Crippen molar-refractivity contribution < 1.29 is 0 Å². The Labute approximate surface area is 104 Å². The van der Waals surface area contributed by atoms with Gasteiger partial charge in [-0.2, -0.15) is 0 Å². The van der Waals surface area contributed by atoms with E-state index in [-0.39, 0.29) is 11.9 Å². The minimum absolute atomic E-state index is 0.0255. The molecule has 0 saturated heterocycles. The smallest absolute Gasteiger partial charge is 0.194 e. The number of rotatable bonds is 0. The summed E-state index contributed by atoms with van der Waals surface area (Å²) in [5, 5.41) is 19.5. The lowest BCUT2D eigenvalue weighted by Gasteiger charge is -2.01. The highest BCUT2D eigenvalue weighted by molar-refractivity contribution is 6.34. The Hall–Kier alpha value is -1.46. The third-order valence-electron chi connectivity index (χ3n) is 1.30. The van der Waals surface area contributed by atoms with Crippen LogP contribution in [0.5, 0.6) is 0 Å². The van der Waals surface area contributed by atoms with Crippen LogP contribution in [0.2, 0.25) is 10.0 Å². The number of hydrogen-bond acceptors (Lipinski definition) is 2. The van der Waals surface area contributed by atoms with Gasteiger partial charge in [0.25, 0.3) is 0 Å². The highest BCUT2D eigenvalue weighted by Crippen LogP contribution is 2.13. The Morgan fingerprint density at radius 3 is 1.94 bits per heavy atom. The molecule has 5 nitrogen and oxygen atoms in total. The zero-order valence-electron chi connectivity index (χ0n) is 8.64. The summed E-state index contributed by atoms with van der Waals surface area (Å²) >= 11 is 11.1. The Morgan fingerprint density at radius 1 is 1.25 bits per heavy atom. The van der Waals surface area contributed by atoms with E-state index in [1.807, 2.05) is 6.07 Å². The summed E-state index contributed by atoms with van der Waals surface area (Å²) in [4.78, 5) is 0. The third-order valence-corrected chi connectivity index (χ3v) is 1.77. The predicted molar refractivity (Wildman–Crippen MR) is 68.3 cm³/mol. The van der Waals surface area contributed by atoms with Gasteiger partial charge in [-0.1, -0.05) is 29.3 Å². The minimum atomic E-state index is -0.232. The summed E-state index contributed by atoms with van der Waals surface area (Å²) in [6.45, 7) is 0. The lowest BCUT2D eigenvalue weighted by Crippen LogP contribution is -2.41. The normalized spacial score (nSPS) is 8.44. The first kappa shape index (κ1) is 14.5. The first-order valence-corrected chi connectivity index (χ1v) is 4.99. The summed E-state index contributed by atoms with van der Waals surface area (Å²) in [5.74, 6) is -0.207. The third kappa shape index (κ3) is 7.90. The van der Waals surface area contributed by atoms with Gasteiger partial charge in [0.2, 0.25) is 0 Å². The summed E-state index contributed by atoms with van der Waals surface area (Å²) in [6.07, 6.45) is 0. The van der Waals surface area contributed by atoms with Crippen LogP contribution >= 0.6 is 23.2 Å². The van der Waals surface area contributed by atoms with Gasteiger partial charge in [-0.3, -0.25) is 16.1 Å². The molecule has 0 amide bonds. The van der Waals surface area contributed by atoms with E-state index < -0.39 is 0 Å². The van der Waals surface area contributed by atoms with E-state index in [1.165, 1.54) is 0 Å². The molecule has 0 aliphatic rings. The highest BCUT2D eigenvalue weighted by Gasteiger charge is 1.88. The molecule has 16 heavy (non-hydrogen) atoms. The highest BCUT2D eigenvalue weighted by atomic mass is 35.5. The van der Waals surface area contributed by atoms with E-state index in [0.29, 0.717) is 10.0 Å². The van der Waals surface area contributed by atoms with Crippen molar-refractivity contribution in [3.63, 3.8) is 0 Å². The van der Waals surface area contributed by atoms with Gasteiger partial charge in [0.1, 0.15) is 0 Å². The molecule has 0 radical (unpaired) electrons. The number of nitrogens with two attached hydrogens (primary N) is 1. The van der Waals surface area contributed by atoms with Crippen LogP contribution in [0, 0.1) is 10.8 Å².